The summed E-state index contributed by atoms with van der Waals surface area (Å²) in [6.45, 7) is 0. The van der Waals surface area contributed by atoms with Gasteiger partial charge in [0.25, 0.3) is 11.6 Å². The Morgan fingerprint density at radius 3 is 2.31 bits per heavy atom. The molecule has 0 aliphatic carbocycles. The van der Waals surface area contributed by atoms with Crippen LogP contribution in [0.1, 0.15) is 10.4 Å². The van der Waals surface area contributed by atoms with Gasteiger partial charge in [-0.25, -0.2) is 9.67 Å². The normalized spacial score (nSPS) is 10.3. The molecule has 3 rings (SSSR count). The van der Waals surface area contributed by atoms with E-state index in [0.717, 1.165) is 0 Å². The number of nitrogens with one attached hydrogen (secondary N) is 1. The van der Waals surface area contributed by atoms with Crippen molar-refractivity contribution in [3.05, 3.63) is 58.7 Å². The van der Waals surface area contributed by atoms with Gasteiger partial charge in [0.05, 0.1) is 26.3 Å². The predicted octanol–water partition coefficient (Wildman–Crippen LogP) is 2.45. The first-order chi connectivity index (χ1) is 14.0. The highest BCUT2D eigenvalue weighted by Crippen LogP contribution is 2.40. The number of nitro groups is 1. The van der Waals surface area contributed by atoms with Crippen LogP contribution in [0, 0.1) is 10.1 Å². The number of nitro benzene ring substituents is 1. The summed E-state index contributed by atoms with van der Waals surface area (Å²) >= 11 is 0. The Kier molecular flexibility index (Phi) is 5.58. The first-order valence-electron chi connectivity index (χ1n) is 8.23. The molecule has 0 bridgehead atoms. The Hall–Kier alpha value is -4.15. The number of carbonyl (C=O) groups excluding carboxylic acids is 1. The first kappa shape index (κ1) is 19.6. The molecule has 29 heavy (non-hydrogen) atoms. The van der Waals surface area contributed by atoms with E-state index in [9.17, 15) is 14.9 Å². The summed E-state index contributed by atoms with van der Waals surface area (Å²) in [4.78, 5) is 27.3. The van der Waals surface area contributed by atoms with E-state index >= 15 is 0 Å². The molecule has 3 aromatic rings. The van der Waals surface area contributed by atoms with Crippen LogP contribution >= 0.6 is 0 Å². The zero-order valence-electron chi connectivity index (χ0n) is 15.8. The number of hydrogen-bond acceptors (Lipinski definition) is 8. The van der Waals surface area contributed by atoms with Crippen molar-refractivity contribution in [1.29, 1.82) is 0 Å². The minimum atomic E-state index is -0.590. The predicted molar refractivity (Wildman–Crippen MR) is 102 cm³/mol. The molecular formula is C18H17N5O6. The fourth-order valence-corrected chi connectivity index (χ4v) is 2.69. The van der Waals surface area contributed by atoms with Gasteiger partial charge in [-0.3, -0.25) is 14.9 Å². The van der Waals surface area contributed by atoms with Gasteiger partial charge in [-0.15, -0.1) is 0 Å². The summed E-state index contributed by atoms with van der Waals surface area (Å²) in [5.74, 6) is 0.539. The third-order valence-corrected chi connectivity index (χ3v) is 4.02. The maximum atomic E-state index is 12.7. The van der Waals surface area contributed by atoms with Crippen LogP contribution in [0.25, 0.3) is 5.69 Å². The molecule has 0 aliphatic heterocycles. The number of aromatic nitrogens is 3. The van der Waals surface area contributed by atoms with Gasteiger partial charge in [0.2, 0.25) is 5.75 Å². The number of hydrogen-bond donors (Lipinski definition) is 1. The van der Waals surface area contributed by atoms with Crippen LogP contribution in [0.4, 0.5) is 11.4 Å². The van der Waals surface area contributed by atoms with Crippen LogP contribution in [0.3, 0.4) is 0 Å². The molecule has 0 aliphatic rings. The van der Waals surface area contributed by atoms with Crippen molar-refractivity contribution >= 4 is 17.3 Å². The second kappa shape index (κ2) is 8.25. The lowest BCUT2D eigenvalue weighted by molar-refractivity contribution is -0.384. The van der Waals surface area contributed by atoms with Crippen molar-refractivity contribution in [1.82, 2.24) is 14.8 Å². The number of anilines is 1. The number of methoxy groups -OCH3 is 3. The highest BCUT2D eigenvalue weighted by Gasteiger charge is 2.20. The second-order valence-corrected chi connectivity index (χ2v) is 5.67. The number of ether oxygens (including phenoxy) is 3. The quantitative estimate of drug-likeness (QED) is 0.473. The van der Waals surface area contributed by atoms with Gasteiger partial charge < -0.3 is 19.5 Å². The zero-order valence-corrected chi connectivity index (χ0v) is 15.8. The minimum Gasteiger partial charge on any atom is -0.493 e. The lowest BCUT2D eigenvalue weighted by atomic mass is 10.1. The van der Waals surface area contributed by atoms with Crippen molar-refractivity contribution in [2.24, 2.45) is 0 Å². The van der Waals surface area contributed by atoms with Gasteiger partial charge in [-0.1, -0.05) is 0 Å². The minimum absolute atomic E-state index is 0.0920. The molecule has 0 unspecified atom stereocenters. The molecule has 2 aromatic carbocycles. The van der Waals surface area contributed by atoms with E-state index in [1.807, 2.05) is 0 Å². The third kappa shape index (κ3) is 3.93. The maximum absolute atomic E-state index is 12.7. The number of nitrogens with zero attached hydrogens (tertiary/aromatic N) is 4. The molecule has 0 saturated heterocycles. The van der Waals surface area contributed by atoms with Crippen LogP contribution in [-0.2, 0) is 0 Å². The first-order valence-corrected chi connectivity index (χ1v) is 8.23. The largest absolute Gasteiger partial charge is 0.493 e. The maximum Gasteiger partial charge on any atom is 0.295 e. The summed E-state index contributed by atoms with van der Waals surface area (Å²) in [6.07, 6.45) is 2.59. The Morgan fingerprint density at radius 2 is 1.79 bits per heavy atom. The molecule has 1 amide bonds. The number of carbonyl (C=O) groups is 1. The molecular weight excluding hydrogens is 382 g/mol. The lowest BCUT2D eigenvalue weighted by Crippen LogP contribution is -2.13. The van der Waals surface area contributed by atoms with Crippen molar-refractivity contribution < 1.29 is 23.9 Å². The summed E-state index contributed by atoms with van der Waals surface area (Å²) in [6, 6.07) is 7.16. The summed E-state index contributed by atoms with van der Waals surface area (Å²) < 4.78 is 17.0. The second-order valence-electron chi connectivity index (χ2n) is 5.67. The van der Waals surface area contributed by atoms with Crippen LogP contribution in [-0.4, -0.2) is 46.9 Å². The topological polar surface area (TPSA) is 131 Å². The summed E-state index contributed by atoms with van der Waals surface area (Å²) in [5, 5.41) is 18.0. The SMILES string of the molecule is COc1cc(NC(=O)c2ccc(-n3cncn3)c([N+](=O)[O-])c2)cc(OC)c1OC. The van der Waals surface area contributed by atoms with E-state index < -0.39 is 10.8 Å². The van der Waals surface area contributed by atoms with Crippen LogP contribution in [0.15, 0.2) is 43.0 Å². The molecule has 0 radical (unpaired) electrons. The number of amides is 1. The fraction of sp³-hybridized carbons (Fsp3) is 0.167. The Bertz CT molecular complexity index is 1030. The van der Waals surface area contributed by atoms with Crippen molar-refractivity contribution in [2.75, 3.05) is 26.6 Å². The monoisotopic (exact) mass is 399 g/mol. The molecule has 0 fully saturated rings. The Morgan fingerprint density at radius 1 is 1.10 bits per heavy atom. The zero-order chi connectivity index (χ0) is 21.0. The summed E-state index contributed by atoms with van der Waals surface area (Å²) in [5.41, 5.74) is 0.367. The van der Waals surface area contributed by atoms with E-state index in [1.54, 1.807) is 12.1 Å². The Balaban J connectivity index is 1.93. The van der Waals surface area contributed by atoms with Crippen LogP contribution < -0.4 is 19.5 Å². The molecule has 1 heterocycles. The third-order valence-electron chi connectivity index (χ3n) is 4.02. The van der Waals surface area contributed by atoms with Crippen LogP contribution in [0.2, 0.25) is 0 Å². The van der Waals surface area contributed by atoms with E-state index in [1.165, 1.54) is 56.9 Å². The fourth-order valence-electron chi connectivity index (χ4n) is 2.69. The number of rotatable bonds is 7. The molecule has 11 nitrogen and oxygen atoms in total. The van der Waals surface area contributed by atoms with Gasteiger partial charge in [-0.05, 0) is 12.1 Å². The van der Waals surface area contributed by atoms with Crippen molar-refractivity contribution in [3.8, 4) is 22.9 Å². The van der Waals surface area contributed by atoms with Gasteiger partial charge in [0.15, 0.2) is 11.5 Å². The van der Waals surface area contributed by atoms with Gasteiger partial charge in [0.1, 0.15) is 18.3 Å². The lowest BCUT2D eigenvalue weighted by Gasteiger charge is -2.14. The molecule has 150 valence electrons. The highest BCUT2D eigenvalue weighted by molar-refractivity contribution is 6.05. The average Bonchev–Trinajstić information content (AvgIpc) is 3.27. The molecule has 0 saturated carbocycles. The number of benzene rings is 2. The molecule has 0 spiro atoms. The van der Waals surface area contributed by atoms with E-state index in [0.29, 0.717) is 22.9 Å². The smallest absolute Gasteiger partial charge is 0.295 e. The van der Waals surface area contributed by atoms with Gasteiger partial charge in [0, 0.05) is 29.4 Å². The van der Waals surface area contributed by atoms with Gasteiger partial charge in [-0.2, -0.15) is 5.10 Å². The molecule has 11 heteroatoms. The van der Waals surface area contributed by atoms with E-state index in [-0.39, 0.29) is 16.9 Å². The van der Waals surface area contributed by atoms with Crippen LogP contribution in [0.5, 0.6) is 17.2 Å². The van der Waals surface area contributed by atoms with Gasteiger partial charge >= 0.3 is 0 Å². The summed E-state index contributed by atoms with van der Waals surface area (Å²) in [7, 11) is 4.37. The molecule has 0 atom stereocenters. The highest BCUT2D eigenvalue weighted by atomic mass is 16.6. The van der Waals surface area contributed by atoms with E-state index in [4.69, 9.17) is 14.2 Å². The Labute approximate surface area is 165 Å². The standard InChI is InChI=1S/C18H17N5O6/c1-27-15-7-12(8-16(28-2)17(15)29-3)21-18(24)11-4-5-13(14(6-11)23(25)26)22-10-19-9-20-22/h4-10H,1-3H3,(H,21,24). The molecule has 1 N–H and O–H groups in total. The molecule has 1 aromatic heterocycles. The van der Waals surface area contributed by atoms with E-state index in [2.05, 4.69) is 15.4 Å². The average molecular weight is 399 g/mol. The van der Waals surface area contributed by atoms with Crippen molar-refractivity contribution in [2.45, 2.75) is 0 Å². The van der Waals surface area contributed by atoms with Crippen molar-refractivity contribution in [3.63, 3.8) is 0 Å².